The van der Waals surface area contributed by atoms with Gasteiger partial charge in [-0.15, -0.1) is 0 Å². The molecule has 1 aromatic heterocycles. The molecule has 11 heteroatoms. The summed E-state index contributed by atoms with van der Waals surface area (Å²) in [6.45, 7) is 3.37. The van der Waals surface area contributed by atoms with E-state index in [4.69, 9.17) is 4.74 Å². The highest BCUT2D eigenvalue weighted by Crippen LogP contribution is 2.29. The highest BCUT2D eigenvalue weighted by atomic mass is 32.2. The van der Waals surface area contributed by atoms with Gasteiger partial charge in [0.25, 0.3) is 0 Å². The predicted molar refractivity (Wildman–Crippen MR) is 101 cm³/mol. The minimum absolute atomic E-state index is 0.324. The number of piperidine rings is 1. The van der Waals surface area contributed by atoms with Crippen molar-refractivity contribution in [3.05, 3.63) is 10.6 Å². The lowest BCUT2D eigenvalue weighted by molar-refractivity contribution is -0.120. The third-order valence-corrected chi connectivity index (χ3v) is 6.96. The number of aromatic nitrogens is 1. The summed E-state index contributed by atoms with van der Waals surface area (Å²) in [4.78, 5) is 31.5. The van der Waals surface area contributed by atoms with E-state index in [-0.39, 0.29) is 12.0 Å². The number of hydrogen-bond acceptors (Lipinski definition) is 7. The van der Waals surface area contributed by atoms with Gasteiger partial charge in [-0.3, -0.25) is 4.79 Å². The monoisotopic (exact) mass is 416 g/mol. The fourth-order valence-electron chi connectivity index (χ4n) is 3.37. The van der Waals surface area contributed by atoms with Crippen LogP contribution >= 0.6 is 11.3 Å². The Morgan fingerprint density at radius 2 is 2.11 bits per heavy atom. The third-order valence-electron chi connectivity index (χ3n) is 4.67. The smallest absolute Gasteiger partial charge is 0.410 e. The number of thiazole rings is 1. The van der Waals surface area contributed by atoms with Gasteiger partial charge < -0.3 is 15.0 Å². The molecule has 9 nitrogen and oxygen atoms in total. The van der Waals surface area contributed by atoms with Crippen LogP contribution in [0.5, 0.6) is 0 Å². The first-order valence-corrected chi connectivity index (χ1v) is 11.6. The molecule has 2 amide bonds. The maximum Gasteiger partial charge on any atom is 0.410 e. The molecule has 27 heavy (non-hydrogen) atoms. The number of anilines is 1. The number of sulfonamides is 1. The van der Waals surface area contributed by atoms with Gasteiger partial charge in [0.15, 0.2) is 5.13 Å². The molecule has 1 saturated heterocycles. The van der Waals surface area contributed by atoms with Gasteiger partial charge in [0.2, 0.25) is 15.9 Å². The van der Waals surface area contributed by atoms with E-state index < -0.39 is 16.1 Å². The fraction of sp³-hybridized carbons (Fsp3) is 0.688. The van der Waals surface area contributed by atoms with Gasteiger partial charge >= 0.3 is 6.09 Å². The zero-order valence-corrected chi connectivity index (χ0v) is 17.1. The molecule has 0 spiro atoms. The van der Waals surface area contributed by atoms with Crippen molar-refractivity contribution < 1.29 is 22.7 Å². The molecule has 2 aliphatic rings. The molecule has 1 aromatic rings. The Hall–Kier alpha value is -1.72. The van der Waals surface area contributed by atoms with Gasteiger partial charge in [0.1, 0.15) is 6.04 Å². The number of carbonyl (C=O) groups is 2. The molecule has 0 radical (unpaired) electrons. The topological polar surface area (TPSA) is 109 Å². The molecular weight excluding hydrogens is 392 g/mol. The fourth-order valence-corrected chi connectivity index (χ4v) is 5.52. The van der Waals surface area contributed by atoms with Crippen molar-refractivity contribution in [2.24, 2.45) is 0 Å². The van der Waals surface area contributed by atoms with E-state index >= 15 is 0 Å². The Kier molecular flexibility index (Phi) is 6.02. The molecule has 0 bridgehead atoms. The van der Waals surface area contributed by atoms with Crippen molar-refractivity contribution in [2.75, 3.05) is 31.3 Å². The van der Waals surface area contributed by atoms with E-state index in [1.54, 1.807) is 11.8 Å². The van der Waals surface area contributed by atoms with E-state index in [1.807, 2.05) is 0 Å². The molecule has 0 aromatic carbocycles. The van der Waals surface area contributed by atoms with Gasteiger partial charge in [-0.1, -0.05) is 17.8 Å². The summed E-state index contributed by atoms with van der Waals surface area (Å²) in [7, 11) is -3.44. The number of hydrogen-bond donors (Lipinski definition) is 1. The van der Waals surface area contributed by atoms with E-state index in [0.717, 1.165) is 29.7 Å². The van der Waals surface area contributed by atoms with Crippen LogP contribution in [0.1, 0.15) is 36.8 Å². The largest absolute Gasteiger partial charge is 0.450 e. The molecule has 3 heterocycles. The number of ether oxygens (including phenoxy) is 1. The summed E-state index contributed by atoms with van der Waals surface area (Å²) in [5, 5.41) is 3.21. The quantitative estimate of drug-likeness (QED) is 0.795. The first-order chi connectivity index (χ1) is 12.8. The minimum Gasteiger partial charge on any atom is -0.450 e. The minimum atomic E-state index is -3.44. The molecule has 1 atom stereocenters. The van der Waals surface area contributed by atoms with Gasteiger partial charge in [-0.25, -0.2) is 18.2 Å². The predicted octanol–water partition coefficient (Wildman–Crippen LogP) is 1.41. The van der Waals surface area contributed by atoms with Crippen LogP contribution in [0.2, 0.25) is 0 Å². The van der Waals surface area contributed by atoms with Crippen LogP contribution in [0.4, 0.5) is 9.93 Å². The standard InChI is InChI=1S/C16H24N4O5S2/c1-3-25-16(22)19-9-7-11-13(10-19)26-15(17-11)18-14(21)12-6-4-5-8-20(12)27(2,23)24/h12H,3-10H2,1-2H3,(H,17,18,21). The summed E-state index contributed by atoms with van der Waals surface area (Å²) in [6, 6.07) is -0.703. The van der Waals surface area contributed by atoms with Crippen LogP contribution < -0.4 is 5.32 Å². The molecule has 1 N–H and O–H groups in total. The zero-order chi connectivity index (χ0) is 19.6. The average Bonchev–Trinajstić information content (AvgIpc) is 3.02. The number of fused-ring (bicyclic) bond motifs is 1. The van der Waals surface area contributed by atoms with Crippen molar-refractivity contribution in [3.63, 3.8) is 0 Å². The number of nitrogens with zero attached hydrogens (tertiary/aromatic N) is 3. The summed E-state index contributed by atoms with van der Waals surface area (Å²) in [5.41, 5.74) is 0.861. The van der Waals surface area contributed by atoms with Crippen molar-refractivity contribution in [1.82, 2.24) is 14.2 Å². The molecule has 0 saturated carbocycles. The Morgan fingerprint density at radius 3 is 2.81 bits per heavy atom. The molecule has 2 aliphatic heterocycles. The van der Waals surface area contributed by atoms with Crippen molar-refractivity contribution in [1.29, 1.82) is 0 Å². The summed E-state index contributed by atoms with van der Waals surface area (Å²) in [6.07, 6.45) is 3.44. The number of amides is 2. The van der Waals surface area contributed by atoms with Crippen LogP contribution in [0.25, 0.3) is 0 Å². The molecular formula is C16H24N4O5S2. The number of nitrogens with one attached hydrogen (secondary N) is 1. The van der Waals surface area contributed by atoms with Crippen molar-refractivity contribution >= 4 is 38.5 Å². The summed E-state index contributed by atoms with van der Waals surface area (Å²) < 4.78 is 30.2. The molecule has 1 unspecified atom stereocenters. The highest BCUT2D eigenvalue weighted by Gasteiger charge is 2.35. The lowest BCUT2D eigenvalue weighted by Gasteiger charge is -2.32. The second-order valence-electron chi connectivity index (χ2n) is 6.63. The van der Waals surface area contributed by atoms with E-state index in [2.05, 4.69) is 10.3 Å². The van der Waals surface area contributed by atoms with Crippen molar-refractivity contribution in [2.45, 2.75) is 45.2 Å². The normalized spacial score (nSPS) is 20.8. The van der Waals surface area contributed by atoms with E-state index in [1.165, 1.54) is 15.6 Å². The van der Waals surface area contributed by atoms with Crippen LogP contribution in [0.3, 0.4) is 0 Å². The zero-order valence-electron chi connectivity index (χ0n) is 15.4. The van der Waals surface area contributed by atoms with Gasteiger partial charge in [0.05, 0.1) is 25.1 Å². The van der Waals surface area contributed by atoms with Crippen LogP contribution in [0.15, 0.2) is 0 Å². The maximum absolute atomic E-state index is 12.7. The summed E-state index contributed by atoms with van der Waals surface area (Å²) >= 11 is 1.32. The van der Waals surface area contributed by atoms with Crippen LogP contribution in [0, 0.1) is 0 Å². The molecule has 3 rings (SSSR count). The first-order valence-electron chi connectivity index (χ1n) is 8.97. The summed E-state index contributed by atoms with van der Waals surface area (Å²) in [5.74, 6) is -0.353. The lowest BCUT2D eigenvalue weighted by atomic mass is 10.0. The lowest BCUT2D eigenvalue weighted by Crippen LogP contribution is -2.49. The second-order valence-corrected chi connectivity index (χ2v) is 9.65. The average molecular weight is 417 g/mol. The molecule has 0 aliphatic carbocycles. The van der Waals surface area contributed by atoms with E-state index in [0.29, 0.717) is 44.2 Å². The Labute approximate surface area is 162 Å². The number of rotatable bonds is 4. The second kappa shape index (κ2) is 8.11. The molecule has 150 valence electrons. The highest BCUT2D eigenvalue weighted by molar-refractivity contribution is 7.88. The Bertz CT molecular complexity index is 823. The van der Waals surface area contributed by atoms with Crippen LogP contribution in [-0.4, -0.2) is 66.6 Å². The van der Waals surface area contributed by atoms with Crippen LogP contribution in [-0.2, 0) is 32.5 Å². The SMILES string of the molecule is CCOC(=O)N1CCc2nc(NC(=O)C3CCCCN3S(C)(=O)=O)sc2C1. The molecule has 1 fully saturated rings. The Balaban J connectivity index is 1.68. The van der Waals surface area contributed by atoms with Gasteiger partial charge in [-0.2, -0.15) is 4.31 Å². The third kappa shape index (κ3) is 4.58. The van der Waals surface area contributed by atoms with Gasteiger partial charge in [-0.05, 0) is 19.8 Å². The van der Waals surface area contributed by atoms with Crippen molar-refractivity contribution in [3.8, 4) is 0 Å². The van der Waals surface area contributed by atoms with E-state index in [9.17, 15) is 18.0 Å². The number of carbonyl (C=O) groups excluding carboxylic acids is 2. The maximum atomic E-state index is 12.7. The van der Waals surface area contributed by atoms with Gasteiger partial charge in [0, 0.05) is 24.4 Å². The first kappa shape index (κ1) is 20.0. The Morgan fingerprint density at radius 1 is 1.33 bits per heavy atom.